The fourth-order valence-corrected chi connectivity index (χ4v) is 6.41. The molecule has 1 fully saturated rings. The van der Waals surface area contributed by atoms with Crippen molar-refractivity contribution in [2.75, 3.05) is 23.8 Å². The second-order valence-electron chi connectivity index (χ2n) is 8.51. The molecule has 2 aliphatic rings. The number of thioether (sulfide) groups is 2. The lowest BCUT2D eigenvalue weighted by Crippen LogP contribution is -2.29. The fourth-order valence-electron chi connectivity index (χ4n) is 4.07. The Bertz CT molecular complexity index is 1440. The number of hydrogen-bond acceptors (Lipinski definition) is 7. The van der Waals surface area contributed by atoms with Gasteiger partial charge in [0.05, 0.1) is 40.3 Å². The average Bonchev–Trinajstić information content (AvgIpc) is 3.38. The molecule has 8 heteroatoms. The van der Waals surface area contributed by atoms with Crippen LogP contribution in [0.2, 0.25) is 0 Å². The van der Waals surface area contributed by atoms with Crippen molar-refractivity contribution in [3.05, 3.63) is 93.4 Å². The van der Waals surface area contributed by atoms with Crippen molar-refractivity contribution in [2.45, 2.75) is 25.3 Å². The highest BCUT2D eigenvalue weighted by Gasteiger charge is 2.39. The van der Waals surface area contributed by atoms with Crippen molar-refractivity contribution in [1.29, 1.82) is 5.26 Å². The van der Waals surface area contributed by atoms with E-state index in [0.29, 0.717) is 27.9 Å². The molecule has 0 unspecified atom stereocenters. The van der Waals surface area contributed by atoms with Crippen LogP contribution >= 0.6 is 23.5 Å². The van der Waals surface area contributed by atoms with Gasteiger partial charge in [-0.3, -0.25) is 9.69 Å². The van der Waals surface area contributed by atoms with Gasteiger partial charge >= 0.3 is 0 Å². The van der Waals surface area contributed by atoms with Crippen LogP contribution < -0.4 is 10.2 Å². The lowest BCUT2D eigenvalue weighted by atomic mass is 10.1. The topological polar surface area (TPSA) is 71.7 Å². The highest BCUT2D eigenvalue weighted by molar-refractivity contribution is 8.19. The first kappa shape index (κ1) is 24.0. The van der Waals surface area contributed by atoms with Crippen LogP contribution in [0.1, 0.15) is 23.6 Å². The van der Waals surface area contributed by atoms with Crippen molar-refractivity contribution < 1.29 is 4.79 Å². The van der Waals surface area contributed by atoms with Crippen LogP contribution in [0.5, 0.6) is 0 Å². The molecule has 2 aliphatic heterocycles. The minimum absolute atomic E-state index is 0.0667. The fraction of sp³-hybridized carbons (Fsp3) is 0.179. The second kappa shape index (κ2) is 10.1. The molecule has 0 bridgehead atoms. The maximum absolute atomic E-state index is 13.9. The third kappa shape index (κ3) is 4.60. The monoisotopic (exact) mass is 511 g/mol. The van der Waals surface area contributed by atoms with Gasteiger partial charge in [-0.05, 0) is 61.5 Å². The number of benzene rings is 3. The molecule has 0 spiro atoms. The molecule has 1 amide bonds. The van der Waals surface area contributed by atoms with Crippen LogP contribution in [-0.4, -0.2) is 29.6 Å². The molecular formula is C28H25N5OS2. The van der Waals surface area contributed by atoms with Gasteiger partial charge in [-0.15, -0.1) is 0 Å². The van der Waals surface area contributed by atoms with E-state index in [1.54, 1.807) is 28.8 Å². The molecule has 0 saturated carbocycles. The van der Waals surface area contributed by atoms with E-state index in [4.69, 9.17) is 4.99 Å². The molecule has 0 radical (unpaired) electrons. The minimum atomic E-state index is -0.0667. The average molecular weight is 512 g/mol. The van der Waals surface area contributed by atoms with Crippen LogP contribution in [0.3, 0.4) is 0 Å². The van der Waals surface area contributed by atoms with Crippen molar-refractivity contribution in [1.82, 2.24) is 4.90 Å². The number of carbonyl (C=O) groups excluding carboxylic acids is 1. The van der Waals surface area contributed by atoms with Gasteiger partial charge < -0.3 is 10.2 Å². The Labute approximate surface area is 219 Å². The summed E-state index contributed by atoms with van der Waals surface area (Å²) in [5.41, 5.74) is 5.28. The molecule has 3 aromatic rings. The molecule has 5 rings (SSSR count). The third-order valence-electron chi connectivity index (χ3n) is 5.97. The molecule has 1 saturated heterocycles. The lowest BCUT2D eigenvalue weighted by Gasteiger charge is -2.17. The highest BCUT2D eigenvalue weighted by Crippen LogP contribution is 2.50. The number of nitriles is 1. The number of amidine groups is 1. The third-order valence-corrected chi connectivity index (χ3v) is 8.40. The Balaban J connectivity index is 1.59. The molecule has 36 heavy (non-hydrogen) atoms. The Morgan fingerprint density at radius 3 is 2.56 bits per heavy atom. The molecule has 0 aliphatic carbocycles. The summed E-state index contributed by atoms with van der Waals surface area (Å²) in [4.78, 5) is 24.4. The van der Waals surface area contributed by atoms with Crippen LogP contribution in [0, 0.1) is 18.3 Å². The number of aliphatic imine (C=N–C) groups is 1. The Morgan fingerprint density at radius 2 is 1.83 bits per heavy atom. The van der Waals surface area contributed by atoms with Crippen LogP contribution in [0.4, 0.5) is 17.1 Å². The molecule has 0 aromatic heterocycles. The van der Waals surface area contributed by atoms with E-state index in [9.17, 15) is 10.1 Å². The van der Waals surface area contributed by atoms with Gasteiger partial charge in [0.1, 0.15) is 4.91 Å². The molecule has 180 valence electrons. The summed E-state index contributed by atoms with van der Waals surface area (Å²) in [5, 5.41) is 14.3. The second-order valence-corrected chi connectivity index (χ2v) is 10.5. The number of anilines is 2. The number of amides is 1. The normalized spacial score (nSPS) is 18.1. The summed E-state index contributed by atoms with van der Waals surface area (Å²) in [6, 6.07) is 23.9. The standard InChI is InChI=1S/C28H25N5OS2/c1-4-30-21-14-13-20(16-29)15-22(21)31-28-33(17-19-11-9-18(2)10-12-19)26(34)25(36-28)27-32(3)23-7-5-6-8-24(23)35-27/h5-15,30H,4,17H2,1-3H3. The molecule has 2 heterocycles. The Hall–Kier alpha value is -3.67. The zero-order valence-corrected chi connectivity index (χ0v) is 21.9. The van der Waals surface area contributed by atoms with E-state index >= 15 is 0 Å². The van der Waals surface area contributed by atoms with Crippen molar-refractivity contribution >= 4 is 51.7 Å². The predicted molar refractivity (Wildman–Crippen MR) is 149 cm³/mol. The highest BCUT2D eigenvalue weighted by atomic mass is 32.2. The van der Waals surface area contributed by atoms with Crippen LogP contribution in [-0.2, 0) is 11.3 Å². The quantitative estimate of drug-likeness (QED) is 0.396. The first-order valence-corrected chi connectivity index (χ1v) is 13.3. The van der Waals surface area contributed by atoms with Crippen LogP contribution in [0.25, 0.3) is 0 Å². The van der Waals surface area contributed by atoms with Gasteiger partial charge in [0.15, 0.2) is 5.17 Å². The Morgan fingerprint density at radius 1 is 1.06 bits per heavy atom. The maximum atomic E-state index is 13.9. The van der Waals surface area contributed by atoms with E-state index in [-0.39, 0.29) is 5.91 Å². The van der Waals surface area contributed by atoms with Crippen molar-refractivity contribution in [2.24, 2.45) is 4.99 Å². The van der Waals surface area contributed by atoms with Gasteiger partial charge in [0.2, 0.25) is 0 Å². The summed E-state index contributed by atoms with van der Waals surface area (Å²) in [5.74, 6) is -0.0667. The summed E-state index contributed by atoms with van der Waals surface area (Å²) in [7, 11) is 1.99. The minimum Gasteiger partial charge on any atom is -0.384 e. The van der Waals surface area contributed by atoms with Crippen molar-refractivity contribution in [3.63, 3.8) is 0 Å². The van der Waals surface area contributed by atoms with E-state index in [1.807, 2.05) is 51.2 Å². The Kier molecular flexibility index (Phi) is 6.77. The van der Waals surface area contributed by atoms with Gasteiger partial charge in [-0.2, -0.15) is 5.26 Å². The molecule has 6 nitrogen and oxygen atoms in total. The summed E-state index contributed by atoms with van der Waals surface area (Å²) in [6.07, 6.45) is 0. The zero-order chi connectivity index (χ0) is 25.2. The van der Waals surface area contributed by atoms with Gasteiger partial charge in [-0.1, -0.05) is 53.7 Å². The summed E-state index contributed by atoms with van der Waals surface area (Å²) < 4.78 is 0. The van der Waals surface area contributed by atoms with Gasteiger partial charge in [-0.25, -0.2) is 4.99 Å². The number of nitrogens with zero attached hydrogens (tertiary/aromatic N) is 4. The van der Waals surface area contributed by atoms with Gasteiger partial charge in [0.25, 0.3) is 5.91 Å². The lowest BCUT2D eigenvalue weighted by molar-refractivity contribution is -0.122. The number of hydrogen-bond donors (Lipinski definition) is 1. The first-order valence-electron chi connectivity index (χ1n) is 11.7. The number of para-hydroxylation sites is 1. The molecule has 0 atom stereocenters. The maximum Gasteiger partial charge on any atom is 0.269 e. The number of fused-ring (bicyclic) bond motifs is 1. The van der Waals surface area contributed by atoms with E-state index in [2.05, 4.69) is 40.6 Å². The molecule has 3 aromatic carbocycles. The number of carbonyl (C=O) groups is 1. The predicted octanol–water partition coefficient (Wildman–Crippen LogP) is 6.47. The smallest absolute Gasteiger partial charge is 0.269 e. The number of rotatable bonds is 5. The largest absolute Gasteiger partial charge is 0.384 e. The number of aryl methyl sites for hydroxylation is 1. The number of nitrogens with one attached hydrogen (secondary N) is 1. The van der Waals surface area contributed by atoms with E-state index < -0.39 is 0 Å². The van der Waals surface area contributed by atoms with Crippen LogP contribution in [0.15, 0.2) is 86.6 Å². The molecular weight excluding hydrogens is 486 g/mol. The summed E-state index contributed by atoms with van der Waals surface area (Å²) in [6.45, 7) is 5.20. The van der Waals surface area contributed by atoms with Crippen molar-refractivity contribution in [3.8, 4) is 6.07 Å². The first-order chi connectivity index (χ1) is 17.5. The van der Waals surface area contributed by atoms with Gasteiger partial charge in [0, 0.05) is 18.5 Å². The van der Waals surface area contributed by atoms with E-state index in [0.717, 1.165) is 33.4 Å². The zero-order valence-electron chi connectivity index (χ0n) is 20.3. The van der Waals surface area contributed by atoms with E-state index in [1.165, 1.54) is 17.3 Å². The SMILES string of the molecule is CCNc1ccc(C#N)cc1N=C1SC(=C2Sc3ccccc3N2C)C(=O)N1Cc1ccc(C)cc1. The summed E-state index contributed by atoms with van der Waals surface area (Å²) >= 11 is 3.00. The molecule has 1 N–H and O–H groups in total.